The molecular formula is C15H24N6O2S. The van der Waals surface area contributed by atoms with Gasteiger partial charge in [-0.3, -0.25) is 5.10 Å². The van der Waals surface area contributed by atoms with E-state index in [1.807, 2.05) is 26.8 Å². The number of nitrogens with one attached hydrogen (secondary N) is 2. The molecule has 0 saturated carbocycles. The highest BCUT2D eigenvalue weighted by Gasteiger charge is 2.26. The fourth-order valence-corrected chi connectivity index (χ4v) is 4.05. The van der Waals surface area contributed by atoms with Crippen molar-refractivity contribution in [3.63, 3.8) is 0 Å². The second kappa shape index (κ2) is 6.56. The van der Waals surface area contributed by atoms with E-state index in [9.17, 15) is 8.42 Å². The van der Waals surface area contributed by atoms with Crippen molar-refractivity contribution in [3.8, 4) is 0 Å². The number of hydrogen-bond donors (Lipinski definition) is 2. The van der Waals surface area contributed by atoms with Crippen LogP contribution in [-0.2, 0) is 10.0 Å². The molecule has 0 aliphatic carbocycles. The monoisotopic (exact) mass is 352 g/mol. The lowest BCUT2D eigenvalue weighted by atomic mass is 10.1. The predicted molar refractivity (Wildman–Crippen MR) is 91.5 cm³/mol. The Labute approximate surface area is 142 Å². The van der Waals surface area contributed by atoms with Gasteiger partial charge in [-0.05, 0) is 33.6 Å². The van der Waals surface area contributed by atoms with Crippen LogP contribution in [0.1, 0.15) is 38.4 Å². The van der Waals surface area contributed by atoms with Crippen LogP contribution >= 0.6 is 0 Å². The molecule has 2 aromatic heterocycles. The quantitative estimate of drug-likeness (QED) is 0.849. The van der Waals surface area contributed by atoms with Crippen molar-refractivity contribution >= 4 is 15.8 Å². The Hall–Kier alpha value is -1.87. The zero-order chi connectivity index (χ0) is 17.3. The lowest BCUT2D eigenvalue weighted by Gasteiger charge is -2.32. The first kappa shape index (κ1) is 17.0. The van der Waals surface area contributed by atoms with E-state index in [1.54, 1.807) is 17.1 Å². The maximum absolute atomic E-state index is 12.5. The van der Waals surface area contributed by atoms with Crippen LogP contribution in [0.5, 0.6) is 0 Å². The first-order valence-electron chi connectivity index (χ1n) is 8.18. The lowest BCUT2D eigenvalue weighted by molar-refractivity contribution is 0.457. The molecule has 1 fully saturated rings. The van der Waals surface area contributed by atoms with Gasteiger partial charge in [-0.25, -0.2) is 18.1 Å². The minimum absolute atomic E-state index is 0.0736. The molecule has 8 nitrogen and oxygen atoms in total. The molecular weight excluding hydrogens is 328 g/mol. The van der Waals surface area contributed by atoms with Crippen molar-refractivity contribution < 1.29 is 8.42 Å². The SMILES string of the molecule is Cc1cc(N2CCC(NS(=O)(=O)c3cn(C(C)C)cn3)CC2)n[nH]1. The van der Waals surface area contributed by atoms with Gasteiger partial charge >= 0.3 is 0 Å². The molecule has 0 spiro atoms. The summed E-state index contributed by atoms with van der Waals surface area (Å²) in [5.74, 6) is 0.921. The van der Waals surface area contributed by atoms with E-state index in [2.05, 4.69) is 24.8 Å². The molecule has 0 atom stereocenters. The van der Waals surface area contributed by atoms with Gasteiger partial charge in [-0.2, -0.15) is 5.10 Å². The van der Waals surface area contributed by atoms with Crippen LogP contribution in [0.15, 0.2) is 23.6 Å². The third-order valence-corrected chi connectivity index (χ3v) is 5.69. The summed E-state index contributed by atoms with van der Waals surface area (Å²) in [6.07, 6.45) is 4.63. The molecule has 1 saturated heterocycles. The molecule has 0 unspecified atom stereocenters. The van der Waals surface area contributed by atoms with E-state index in [4.69, 9.17) is 0 Å². The number of anilines is 1. The molecule has 2 aromatic rings. The van der Waals surface area contributed by atoms with E-state index in [0.29, 0.717) is 0 Å². The van der Waals surface area contributed by atoms with Crippen molar-refractivity contribution in [2.45, 2.75) is 50.7 Å². The third kappa shape index (κ3) is 3.62. The van der Waals surface area contributed by atoms with Gasteiger partial charge in [-0.1, -0.05) is 0 Å². The summed E-state index contributed by atoms with van der Waals surface area (Å²) in [6.45, 7) is 7.49. The fourth-order valence-electron chi connectivity index (χ4n) is 2.81. The largest absolute Gasteiger partial charge is 0.355 e. The Morgan fingerprint density at radius 2 is 2.04 bits per heavy atom. The Bertz CT molecular complexity index is 787. The van der Waals surface area contributed by atoms with Crippen LogP contribution in [0.3, 0.4) is 0 Å². The summed E-state index contributed by atoms with van der Waals surface area (Å²) in [7, 11) is -3.57. The standard InChI is InChI=1S/C15H24N6O2S/c1-11(2)21-9-15(16-10-21)24(22,23)19-13-4-6-20(7-5-13)14-8-12(3)17-18-14/h8-11,13,19H,4-7H2,1-3H3,(H,17,18). The molecule has 9 heteroatoms. The molecule has 1 aliphatic rings. The highest BCUT2D eigenvalue weighted by molar-refractivity contribution is 7.89. The molecule has 0 amide bonds. The van der Waals surface area contributed by atoms with Gasteiger partial charge < -0.3 is 9.47 Å². The third-order valence-electron chi connectivity index (χ3n) is 4.28. The normalized spacial score (nSPS) is 16.9. The summed E-state index contributed by atoms with van der Waals surface area (Å²) >= 11 is 0. The number of sulfonamides is 1. The average Bonchev–Trinajstić information content (AvgIpc) is 3.17. The van der Waals surface area contributed by atoms with Gasteiger partial charge in [0, 0.05) is 43.1 Å². The van der Waals surface area contributed by atoms with Crippen molar-refractivity contribution in [2.75, 3.05) is 18.0 Å². The highest BCUT2D eigenvalue weighted by atomic mass is 32.2. The van der Waals surface area contributed by atoms with E-state index in [-0.39, 0.29) is 17.1 Å². The van der Waals surface area contributed by atoms with Gasteiger partial charge in [0.05, 0.1) is 6.33 Å². The van der Waals surface area contributed by atoms with Crippen LogP contribution in [0.2, 0.25) is 0 Å². The number of hydrogen-bond acceptors (Lipinski definition) is 5. The number of H-pyrrole nitrogens is 1. The number of aromatic nitrogens is 4. The van der Waals surface area contributed by atoms with Gasteiger partial charge in [0.1, 0.15) is 0 Å². The van der Waals surface area contributed by atoms with Crippen molar-refractivity contribution in [1.29, 1.82) is 0 Å². The molecule has 132 valence electrons. The maximum Gasteiger partial charge on any atom is 0.259 e. The summed E-state index contributed by atoms with van der Waals surface area (Å²) in [5.41, 5.74) is 1.02. The lowest BCUT2D eigenvalue weighted by Crippen LogP contribution is -2.44. The number of rotatable bonds is 5. The van der Waals surface area contributed by atoms with Gasteiger partial charge in [0.15, 0.2) is 10.8 Å². The van der Waals surface area contributed by atoms with Crippen LogP contribution in [-0.4, -0.2) is 47.3 Å². The molecule has 0 aromatic carbocycles. The Balaban J connectivity index is 1.60. The number of aromatic amines is 1. The second-order valence-corrected chi connectivity index (χ2v) is 8.21. The van der Waals surface area contributed by atoms with Crippen molar-refractivity contribution in [3.05, 3.63) is 24.3 Å². The fraction of sp³-hybridized carbons (Fsp3) is 0.600. The molecule has 0 bridgehead atoms. The zero-order valence-electron chi connectivity index (χ0n) is 14.2. The maximum atomic E-state index is 12.5. The number of nitrogens with zero attached hydrogens (tertiary/aromatic N) is 4. The molecule has 24 heavy (non-hydrogen) atoms. The first-order valence-corrected chi connectivity index (χ1v) is 9.66. The number of piperidine rings is 1. The molecule has 0 radical (unpaired) electrons. The van der Waals surface area contributed by atoms with Crippen LogP contribution in [0.4, 0.5) is 5.82 Å². The van der Waals surface area contributed by atoms with E-state index in [1.165, 1.54) is 0 Å². The minimum atomic E-state index is -3.57. The van der Waals surface area contributed by atoms with Gasteiger partial charge in [0.2, 0.25) is 0 Å². The second-order valence-electron chi connectivity index (χ2n) is 6.54. The Morgan fingerprint density at radius 3 is 2.58 bits per heavy atom. The molecule has 3 heterocycles. The number of aryl methyl sites for hydroxylation is 1. The molecule has 2 N–H and O–H groups in total. The van der Waals surface area contributed by atoms with Crippen LogP contribution < -0.4 is 9.62 Å². The van der Waals surface area contributed by atoms with Crippen LogP contribution in [0.25, 0.3) is 0 Å². The minimum Gasteiger partial charge on any atom is -0.355 e. The predicted octanol–water partition coefficient (Wildman–Crippen LogP) is 1.44. The first-order chi connectivity index (χ1) is 11.3. The zero-order valence-corrected chi connectivity index (χ0v) is 15.0. The average molecular weight is 352 g/mol. The van der Waals surface area contributed by atoms with Crippen molar-refractivity contribution in [1.82, 2.24) is 24.5 Å². The topological polar surface area (TPSA) is 95.9 Å². The van der Waals surface area contributed by atoms with E-state index >= 15 is 0 Å². The van der Waals surface area contributed by atoms with Gasteiger partial charge in [0.25, 0.3) is 10.0 Å². The summed E-state index contributed by atoms with van der Waals surface area (Å²) in [4.78, 5) is 6.20. The van der Waals surface area contributed by atoms with Crippen molar-refractivity contribution in [2.24, 2.45) is 0 Å². The smallest absolute Gasteiger partial charge is 0.259 e. The Kier molecular flexibility index (Phi) is 4.64. The summed E-state index contributed by atoms with van der Waals surface area (Å²) in [6, 6.07) is 2.11. The highest BCUT2D eigenvalue weighted by Crippen LogP contribution is 2.20. The van der Waals surface area contributed by atoms with Crippen LogP contribution in [0, 0.1) is 6.92 Å². The molecule has 3 rings (SSSR count). The number of imidazole rings is 1. The van der Waals surface area contributed by atoms with E-state index in [0.717, 1.165) is 37.4 Å². The summed E-state index contributed by atoms with van der Waals surface area (Å²) < 4.78 is 29.5. The molecule has 1 aliphatic heterocycles. The van der Waals surface area contributed by atoms with Gasteiger partial charge in [-0.15, -0.1) is 0 Å². The van der Waals surface area contributed by atoms with E-state index < -0.39 is 10.0 Å². The Morgan fingerprint density at radius 1 is 1.33 bits per heavy atom. The summed E-state index contributed by atoms with van der Waals surface area (Å²) in [5, 5.41) is 7.27.